The number of esters is 1. The summed E-state index contributed by atoms with van der Waals surface area (Å²) in [6, 6.07) is 5.28. The van der Waals surface area contributed by atoms with Crippen LogP contribution < -0.4 is 5.32 Å². The van der Waals surface area contributed by atoms with Crippen molar-refractivity contribution in [3.8, 4) is 0 Å². The van der Waals surface area contributed by atoms with Gasteiger partial charge in [0, 0.05) is 19.3 Å². The summed E-state index contributed by atoms with van der Waals surface area (Å²) in [7, 11) is 1.62. The Labute approximate surface area is 129 Å². The molecule has 0 saturated heterocycles. The molecule has 0 radical (unpaired) electrons. The molecule has 1 N–H and O–H groups in total. The van der Waals surface area contributed by atoms with Crippen molar-refractivity contribution in [2.75, 3.05) is 6.61 Å². The van der Waals surface area contributed by atoms with Gasteiger partial charge in [0.05, 0.1) is 5.56 Å². The minimum absolute atomic E-state index is 0.247. The van der Waals surface area contributed by atoms with E-state index in [0.717, 1.165) is 12.1 Å². The lowest BCUT2D eigenvalue weighted by Gasteiger charge is -2.06. The fourth-order valence-electron chi connectivity index (χ4n) is 1.81. The van der Waals surface area contributed by atoms with Gasteiger partial charge in [-0.25, -0.2) is 13.6 Å². The van der Waals surface area contributed by atoms with Crippen molar-refractivity contribution in [2.24, 2.45) is 7.05 Å². The van der Waals surface area contributed by atoms with Gasteiger partial charge in [-0.3, -0.25) is 14.9 Å². The van der Waals surface area contributed by atoms with Crippen molar-refractivity contribution in [1.29, 1.82) is 0 Å². The molecule has 0 aliphatic heterocycles. The second-order valence-electron chi connectivity index (χ2n) is 4.62. The van der Waals surface area contributed by atoms with Gasteiger partial charge in [-0.05, 0) is 24.3 Å². The Morgan fingerprint density at radius 3 is 2.39 bits per heavy atom. The smallest absolute Gasteiger partial charge is 0.338 e. The van der Waals surface area contributed by atoms with Crippen molar-refractivity contribution in [3.63, 3.8) is 0 Å². The Morgan fingerprint density at radius 1 is 1.17 bits per heavy atom. The van der Waals surface area contributed by atoms with Crippen LogP contribution in [0.1, 0.15) is 20.8 Å². The second-order valence-corrected chi connectivity index (χ2v) is 4.62. The summed E-state index contributed by atoms with van der Waals surface area (Å²) in [5.74, 6) is -4.48. The molecule has 2 amide bonds. The van der Waals surface area contributed by atoms with Crippen LogP contribution in [0.15, 0.2) is 36.5 Å². The first-order valence-corrected chi connectivity index (χ1v) is 6.45. The highest BCUT2D eigenvalue weighted by molar-refractivity contribution is 6.04. The first-order valence-electron chi connectivity index (χ1n) is 6.45. The fourth-order valence-corrected chi connectivity index (χ4v) is 1.81. The quantitative estimate of drug-likeness (QED) is 0.864. The average Bonchev–Trinajstić information content (AvgIpc) is 2.90. The summed E-state index contributed by atoms with van der Waals surface area (Å²) in [6.45, 7) is -0.757. The van der Waals surface area contributed by atoms with Gasteiger partial charge < -0.3 is 9.30 Å². The zero-order chi connectivity index (χ0) is 17.0. The number of hydrogen-bond acceptors (Lipinski definition) is 4. The highest BCUT2D eigenvalue weighted by Crippen LogP contribution is 2.09. The SMILES string of the molecule is Cn1cccc1C(=O)NC(=O)COC(=O)c1cc(F)cc(F)c1. The molecule has 1 heterocycles. The molecule has 0 atom stereocenters. The van der Waals surface area contributed by atoms with Gasteiger partial charge in [-0.1, -0.05) is 0 Å². The van der Waals surface area contributed by atoms with Gasteiger partial charge in [0.15, 0.2) is 6.61 Å². The highest BCUT2D eigenvalue weighted by atomic mass is 19.1. The monoisotopic (exact) mass is 322 g/mol. The van der Waals surface area contributed by atoms with Crippen molar-refractivity contribution in [1.82, 2.24) is 9.88 Å². The van der Waals surface area contributed by atoms with E-state index in [1.54, 1.807) is 19.3 Å². The highest BCUT2D eigenvalue weighted by Gasteiger charge is 2.16. The van der Waals surface area contributed by atoms with Crippen LogP contribution >= 0.6 is 0 Å². The zero-order valence-corrected chi connectivity index (χ0v) is 12.0. The molecule has 2 aromatic rings. The molecule has 2 rings (SSSR count). The van der Waals surface area contributed by atoms with Gasteiger partial charge in [0.2, 0.25) is 0 Å². The lowest BCUT2D eigenvalue weighted by atomic mass is 10.2. The van der Waals surface area contributed by atoms with Gasteiger partial charge in [-0.2, -0.15) is 0 Å². The van der Waals surface area contributed by atoms with Gasteiger partial charge >= 0.3 is 5.97 Å². The lowest BCUT2D eigenvalue weighted by Crippen LogP contribution is -2.35. The summed E-state index contributed by atoms with van der Waals surface area (Å²) >= 11 is 0. The number of carbonyl (C=O) groups is 3. The summed E-state index contributed by atoms with van der Waals surface area (Å²) in [6.07, 6.45) is 1.62. The van der Waals surface area contributed by atoms with Gasteiger partial charge in [-0.15, -0.1) is 0 Å². The predicted octanol–water partition coefficient (Wildman–Crippen LogP) is 1.42. The van der Waals surface area contributed by atoms with E-state index >= 15 is 0 Å². The van der Waals surface area contributed by atoms with Crippen LogP contribution in [0.5, 0.6) is 0 Å². The number of aromatic nitrogens is 1. The maximum Gasteiger partial charge on any atom is 0.338 e. The van der Waals surface area contributed by atoms with Crippen LogP contribution in [0, 0.1) is 11.6 Å². The standard InChI is InChI=1S/C15H12F2N2O4/c1-19-4-2-3-12(19)14(21)18-13(20)8-23-15(22)9-5-10(16)7-11(17)6-9/h2-7H,8H2,1H3,(H,18,20,21). The molecular weight excluding hydrogens is 310 g/mol. The second kappa shape index (κ2) is 6.82. The first kappa shape index (κ1) is 16.3. The molecule has 8 heteroatoms. The zero-order valence-electron chi connectivity index (χ0n) is 12.0. The number of benzene rings is 1. The minimum Gasteiger partial charge on any atom is -0.452 e. The third-order valence-electron chi connectivity index (χ3n) is 2.86. The largest absolute Gasteiger partial charge is 0.452 e. The summed E-state index contributed by atoms with van der Waals surface area (Å²) in [4.78, 5) is 34.9. The van der Waals surface area contributed by atoms with Crippen LogP contribution in [0.2, 0.25) is 0 Å². The number of aryl methyl sites for hydroxylation is 1. The Morgan fingerprint density at radius 2 is 1.83 bits per heavy atom. The maximum atomic E-state index is 13.0. The number of rotatable bonds is 4. The van der Waals surface area contributed by atoms with Crippen LogP contribution in [-0.4, -0.2) is 29.0 Å². The van der Waals surface area contributed by atoms with E-state index < -0.39 is 36.0 Å². The van der Waals surface area contributed by atoms with E-state index in [4.69, 9.17) is 0 Å². The van der Waals surface area contributed by atoms with Gasteiger partial charge in [0.1, 0.15) is 17.3 Å². The minimum atomic E-state index is -1.08. The Kier molecular flexibility index (Phi) is 4.85. The lowest BCUT2D eigenvalue weighted by molar-refractivity contribution is -0.123. The van der Waals surface area contributed by atoms with Crippen molar-refractivity contribution in [2.45, 2.75) is 0 Å². The third kappa shape index (κ3) is 4.22. The molecule has 0 bridgehead atoms. The first-order chi connectivity index (χ1) is 10.9. The number of halogens is 2. The Hall–Kier alpha value is -3.03. The van der Waals surface area contributed by atoms with E-state index in [2.05, 4.69) is 4.74 Å². The molecule has 0 unspecified atom stereocenters. The molecule has 0 saturated carbocycles. The Balaban J connectivity index is 1.90. The van der Waals surface area contributed by atoms with Crippen molar-refractivity contribution >= 4 is 17.8 Å². The predicted molar refractivity (Wildman–Crippen MR) is 74.5 cm³/mol. The molecule has 6 nitrogen and oxygen atoms in total. The normalized spacial score (nSPS) is 10.2. The summed E-state index contributed by atoms with van der Waals surface area (Å²) < 4.78 is 32.1. The number of nitrogens with zero attached hydrogens (tertiary/aromatic N) is 1. The van der Waals surface area contributed by atoms with Gasteiger partial charge in [0.25, 0.3) is 11.8 Å². The number of ether oxygens (including phenoxy) is 1. The average molecular weight is 322 g/mol. The molecule has 23 heavy (non-hydrogen) atoms. The van der Waals surface area contributed by atoms with Crippen molar-refractivity contribution in [3.05, 3.63) is 59.4 Å². The topological polar surface area (TPSA) is 77.4 Å². The number of hydrogen-bond donors (Lipinski definition) is 1. The summed E-state index contributed by atoms with van der Waals surface area (Å²) in [5, 5.41) is 2.03. The van der Waals surface area contributed by atoms with Crippen LogP contribution in [0.4, 0.5) is 8.78 Å². The molecule has 1 aromatic carbocycles. The summed E-state index contributed by atoms with van der Waals surface area (Å²) in [5.41, 5.74) is -0.124. The molecule has 0 spiro atoms. The van der Waals surface area contributed by atoms with Crippen LogP contribution in [-0.2, 0) is 16.6 Å². The number of amides is 2. The molecule has 0 aliphatic rings. The molecule has 1 aromatic heterocycles. The van der Waals surface area contributed by atoms with Crippen LogP contribution in [0.3, 0.4) is 0 Å². The maximum absolute atomic E-state index is 13.0. The third-order valence-corrected chi connectivity index (χ3v) is 2.86. The van der Waals surface area contributed by atoms with E-state index in [-0.39, 0.29) is 11.3 Å². The molecule has 0 fully saturated rings. The van der Waals surface area contributed by atoms with E-state index in [9.17, 15) is 23.2 Å². The van der Waals surface area contributed by atoms with E-state index in [0.29, 0.717) is 6.07 Å². The van der Waals surface area contributed by atoms with E-state index in [1.807, 2.05) is 5.32 Å². The van der Waals surface area contributed by atoms with E-state index in [1.165, 1.54) is 10.6 Å². The molecule has 0 aliphatic carbocycles. The van der Waals surface area contributed by atoms with Crippen LogP contribution in [0.25, 0.3) is 0 Å². The molecular formula is C15H12F2N2O4. The molecule has 120 valence electrons. The number of carbonyl (C=O) groups excluding carboxylic acids is 3. The number of nitrogens with one attached hydrogen (secondary N) is 1. The Bertz CT molecular complexity index is 750. The van der Waals surface area contributed by atoms with Crippen molar-refractivity contribution < 1.29 is 27.9 Å². The number of imide groups is 1. The fraction of sp³-hybridized carbons (Fsp3) is 0.133.